The molecule has 0 aromatic rings. The quantitative estimate of drug-likeness (QED) is 0.0761. The summed E-state index contributed by atoms with van der Waals surface area (Å²) in [6.45, 7) is 0.882. The maximum Gasteiger partial charge on any atom is 0.249 e. The minimum absolute atomic E-state index is 0.0251. The van der Waals surface area contributed by atoms with Crippen LogP contribution in [0, 0.1) is 5.41 Å². The van der Waals surface area contributed by atoms with Crippen molar-refractivity contribution in [3.8, 4) is 0 Å². The molecule has 2 aliphatic heterocycles. The van der Waals surface area contributed by atoms with Crippen LogP contribution in [0.1, 0.15) is 19.8 Å². The summed E-state index contributed by atoms with van der Waals surface area (Å²) < 4.78 is 23.1. The lowest BCUT2D eigenvalue weighted by atomic mass is 9.83. The molecule has 16 atom stereocenters. The Morgan fingerprint density at radius 1 is 1.00 bits per heavy atom. The van der Waals surface area contributed by atoms with Gasteiger partial charge < -0.3 is 88.3 Å². The van der Waals surface area contributed by atoms with Crippen LogP contribution < -0.4 is 33.6 Å². The highest BCUT2D eigenvalue weighted by Gasteiger charge is 2.53. The van der Waals surface area contributed by atoms with Gasteiger partial charge in [0.1, 0.15) is 61.0 Å². The predicted octanol–water partition coefficient (Wildman–Crippen LogP) is -7.87. The Bertz CT molecular complexity index is 908. The van der Waals surface area contributed by atoms with Crippen molar-refractivity contribution in [3.63, 3.8) is 0 Å². The molecule has 1 saturated carbocycles. The Morgan fingerprint density at radius 3 is 2.24 bits per heavy atom. The van der Waals surface area contributed by atoms with E-state index in [0.717, 1.165) is 0 Å². The summed E-state index contributed by atoms with van der Waals surface area (Å²) in [4.78, 5) is 12.5. The molecule has 1 aliphatic carbocycles. The normalized spacial score (nSPS) is 43.9. The zero-order valence-corrected chi connectivity index (χ0v) is 23.0. The number of nitrogens with one attached hydrogen (secondary N) is 3. The Hall–Kier alpha value is -1.82. The molecule has 0 spiro atoms. The molecule has 0 radical (unpaired) electrons. The van der Waals surface area contributed by atoms with Gasteiger partial charge in [-0.25, -0.2) is 0 Å². The molecular formula is C23H45N7O12. The maximum absolute atomic E-state index is 12.5. The number of rotatable bonds is 11. The van der Waals surface area contributed by atoms with Crippen molar-refractivity contribution in [2.75, 3.05) is 13.2 Å². The van der Waals surface area contributed by atoms with Crippen LogP contribution in [0.3, 0.4) is 0 Å². The highest BCUT2D eigenvalue weighted by atomic mass is 16.7. The number of ether oxygens (including phenoxy) is 4. The van der Waals surface area contributed by atoms with E-state index in [1.54, 1.807) is 6.92 Å². The van der Waals surface area contributed by atoms with Crippen LogP contribution in [-0.2, 0) is 23.7 Å². The van der Waals surface area contributed by atoms with E-state index in [4.69, 9.17) is 47.3 Å². The highest BCUT2D eigenvalue weighted by Crippen LogP contribution is 2.33. The van der Waals surface area contributed by atoms with Gasteiger partial charge in [-0.2, -0.15) is 0 Å². The minimum atomic E-state index is -1.65. The molecule has 3 fully saturated rings. The summed E-state index contributed by atoms with van der Waals surface area (Å²) in [6.07, 6.45) is -17.7. The van der Waals surface area contributed by atoms with E-state index in [2.05, 4.69) is 10.6 Å². The zero-order chi connectivity index (χ0) is 31.5. The Labute approximate surface area is 241 Å². The molecule has 244 valence electrons. The lowest BCUT2D eigenvalue weighted by Crippen LogP contribution is -2.69. The number of aliphatic hydroxyl groups is 7. The Kier molecular flexibility index (Phi) is 12.2. The van der Waals surface area contributed by atoms with Gasteiger partial charge >= 0.3 is 0 Å². The standard InChI is InChI=1S/C23H45N7O12/c1-6(29-23(27)28)17-15(36)16(37)22(40-17)42-19-12(33)8(30-20(38)9(32)2-3-24)4-7(25)18(19)41-21-11(26)14(35)13(34)10(5-31)39-21/h6-19,21-22,31-37H,2-5,24-26H2,1H3,(H,30,38)(H4,27,28,29)/t6-,7?,8-,9?,10?,11?,12?,13-,14?,15?,16?,17-,18+,19?,21-,22+/m1/s1. The van der Waals surface area contributed by atoms with Crippen molar-refractivity contribution in [1.29, 1.82) is 5.41 Å². The van der Waals surface area contributed by atoms with Gasteiger partial charge in [-0.1, -0.05) is 0 Å². The van der Waals surface area contributed by atoms with Crippen LogP contribution in [0.2, 0.25) is 0 Å². The molecule has 0 aromatic heterocycles. The second-order valence-electron chi connectivity index (χ2n) is 10.9. The fourth-order valence-corrected chi connectivity index (χ4v) is 5.34. The molecule has 2 heterocycles. The topological polar surface area (TPSA) is 348 Å². The molecule has 9 unspecified atom stereocenters. The second kappa shape index (κ2) is 14.8. The van der Waals surface area contributed by atoms with Gasteiger partial charge in [0.05, 0.1) is 24.7 Å². The molecule has 42 heavy (non-hydrogen) atoms. The molecule has 18 N–H and O–H groups in total. The third-order valence-electron chi connectivity index (χ3n) is 7.73. The van der Waals surface area contributed by atoms with E-state index in [-0.39, 0.29) is 19.4 Å². The monoisotopic (exact) mass is 611 g/mol. The lowest BCUT2D eigenvalue weighted by Gasteiger charge is -2.47. The number of guanidine groups is 1. The highest BCUT2D eigenvalue weighted by molar-refractivity contribution is 5.80. The van der Waals surface area contributed by atoms with Gasteiger partial charge in [0, 0.05) is 6.04 Å². The summed E-state index contributed by atoms with van der Waals surface area (Å²) in [5.74, 6) is -1.24. The average Bonchev–Trinajstić information content (AvgIpc) is 3.21. The first kappa shape index (κ1) is 34.7. The molecule has 2 saturated heterocycles. The number of hydrogen-bond acceptors (Lipinski definition) is 16. The van der Waals surface area contributed by atoms with Gasteiger partial charge in [-0.15, -0.1) is 0 Å². The molecule has 0 aromatic carbocycles. The van der Waals surface area contributed by atoms with E-state index in [9.17, 15) is 40.5 Å². The fraction of sp³-hybridized carbons (Fsp3) is 0.913. The SMILES string of the molecule is C[C@@H](NC(=N)N)[C@H]1O[C@@H](OC2C(O)[C@H](NC(=O)C(O)CCN)CC(N)[C@@H]2O[C@H]2OC(CO)[C@@H](O)C(O)C2N)C(O)C1O. The number of amides is 1. The fourth-order valence-electron chi connectivity index (χ4n) is 5.34. The number of hydrogen-bond donors (Lipinski definition) is 14. The van der Waals surface area contributed by atoms with Gasteiger partial charge in [0.25, 0.3) is 0 Å². The van der Waals surface area contributed by atoms with Gasteiger partial charge in [-0.3, -0.25) is 10.2 Å². The first-order valence-corrected chi connectivity index (χ1v) is 13.6. The Balaban J connectivity index is 1.86. The Morgan fingerprint density at radius 2 is 1.64 bits per heavy atom. The lowest BCUT2D eigenvalue weighted by molar-refractivity contribution is -0.310. The predicted molar refractivity (Wildman–Crippen MR) is 141 cm³/mol. The summed E-state index contributed by atoms with van der Waals surface area (Å²) in [5.41, 5.74) is 23.2. The van der Waals surface area contributed by atoms with E-state index >= 15 is 0 Å². The smallest absolute Gasteiger partial charge is 0.249 e. The summed E-state index contributed by atoms with van der Waals surface area (Å²) >= 11 is 0. The van der Waals surface area contributed by atoms with Crippen molar-refractivity contribution in [3.05, 3.63) is 0 Å². The van der Waals surface area contributed by atoms with E-state index in [0.29, 0.717) is 0 Å². The molecule has 3 aliphatic rings. The van der Waals surface area contributed by atoms with Gasteiger partial charge in [-0.05, 0) is 26.3 Å². The minimum Gasteiger partial charge on any atom is -0.394 e. The van der Waals surface area contributed by atoms with Crippen LogP contribution in [-0.4, -0.2) is 159 Å². The maximum atomic E-state index is 12.5. The van der Waals surface area contributed by atoms with Crippen LogP contribution in [0.15, 0.2) is 0 Å². The van der Waals surface area contributed by atoms with E-state index in [1.165, 1.54) is 0 Å². The van der Waals surface area contributed by atoms with Crippen molar-refractivity contribution < 1.29 is 59.5 Å². The summed E-state index contributed by atoms with van der Waals surface area (Å²) in [6, 6.07) is -4.20. The van der Waals surface area contributed by atoms with E-state index in [1.807, 2.05) is 0 Å². The van der Waals surface area contributed by atoms with Crippen molar-refractivity contribution in [2.24, 2.45) is 22.9 Å². The average molecular weight is 612 g/mol. The van der Waals surface area contributed by atoms with Crippen LogP contribution >= 0.6 is 0 Å². The molecule has 3 rings (SSSR count). The number of carbonyl (C=O) groups excluding carboxylic acids is 1. The zero-order valence-electron chi connectivity index (χ0n) is 23.0. The number of carbonyl (C=O) groups is 1. The van der Waals surface area contributed by atoms with Gasteiger partial charge in [0.2, 0.25) is 5.91 Å². The van der Waals surface area contributed by atoms with Gasteiger partial charge in [0.15, 0.2) is 18.5 Å². The molecule has 19 heteroatoms. The molecule has 1 amide bonds. The summed E-state index contributed by atoms with van der Waals surface area (Å²) in [5, 5.41) is 85.1. The number of aliphatic hydroxyl groups excluding tert-OH is 7. The molecular weight excluding hydrogens is 566 g/mol. The van der Waals surface area contributed by atoms with Crippen LogP contribution in [0.25, 0.3) is 0 Å². The largest absolute Gasteiger partial charge is 0.394 e. The number of nitrogens with two attached hydrogens (primary N) is 4. The third-order valence-corrected chi connectivity index (χ3v) is 7.73. The first-order chi connectivity index (χ1) is 19.7. The van der Waals surface area contributed by atoms with Crippen molar-refractivity contribution >= 4 is 11.9 Å². The van der Waals surface area contributed by atoms with Crippen molar-refractivity contribution in [1.82, 2.24) is 10.6 Å². The van der Waals surface area contributed by atoms with Crippen LogP contribution in [0.5, 0.6) is 0 Å². The molecule has 0 bridgehead atoms. The van der Waals surface area contributed by atoms with E-state index < -0.39 is 116 Å². The first-order valence-electron chi connectivity index (χ1n) is 13.6. The second-order valence-corrected chi connectivity index (χ2v) is 10.9. The summed E-state index contributed by atoms with van der Waals surface area (Å²) in [7, 11) is 0. The third kappa shape index (κ3) is 7.63. The van der Waals surface area contributed by atoms with Crippen molar-refractivity contribution in [2.45, 2.75) is 118 Å². The molecule has 19 nitrogen and oxygen atoms in total. The van der Waals surface area contributed by atoms with Crippen LogP contribution in [0.4, 0.5) is 0 Å².